The molecule has 0 radical (unpaired) electrons. The number of halogens is 1. The van der Waals surface area contributed by atoms with Crippen molar-refractivity contribution < 1.29 is 0 Å². The summed E-state index contributed by atoms with van der Waals surface area (Å²) in [5.74, 6) is 1.91. The number of nitrogens with one attached hydrogen (secondary N) is 1. The van der Waals surface area contributed by atoms with Gasteiger partial charge in [-0.05, 0) is 43.5 Å². The largest absolute Gasteiger partial charge is 0.369 e. The van der Waals surface area contributed by atoms with E-state index in [0.29, 0.717) is 24.4 Å². The van der Waals surface area contributed by atoms with Crippen LogP contribution in [0, 0.1) is 0 Å². The molecule has 2 aliphatic rings. The Kier molecular flexibility index (Phi) is 13.0. The topological polar surface area (TPSA) is 72.5 Å². The van der Waals surface area contributed by atoms with Gasteiger partial charge in [0, 0.05) is 57.8 Å². The first-order valence-corrected chi connectivity index (χ1v) is 13.1. The van der Waals surface area contributed by atoms with E-state index in [0.717, 1.165) is 56.8 Å². The lowest BCUT2D eigenvalue weighted by Gasteiger charge is -2.38. The van der Waals surface area contributed by atoms with Crippen LogP contribution in [-0.2, 0) is 0 Å². The van der Waals surface area contributed by atoms with Gasteiger partial charge in [-0.25, -0.2) is 0 Å². The molecule has 1 saturated heterocycles. The maximum Gasteiger partial charge on any atom is 0.197 e. The number of guanidine groups is 1. The Morgan fingerprint density at radius 3 is 2.79 bits per heavy atom. The third-order valence-electron chi connectivity index (χ3n) is 6.37. The first kappa shape index (κ1) is 28.1. The van der Waals surface area contributed by atoms with Crippen LogP contribution in [0.4, 0.5) is 0 Å². The minimum atomic E-state index is 0.492. The third-order valence-corrected chi connectivity index (χ3v) is 6.54. The first-order valence-electron chi connectivity index (χ1n) is 12.6. The zero-order chi connectivity index (χ0) is 24.8. The SMILES string of the molecule is C=C/C=C(\C=C/CCl)CNCC1=C(/N=C(\N)N2CCC(N(CC)CCCC)CC2)N(C)N=CC1. The molecule has 0 spiro atoms. The number of nitrogens with zero attached hydrogens (tertiary/aromatic N) is 5. The van der Waals surface area contributed by atoms with Gasteiger partial charge in [-0.15, -0.1) is 11.6 Å². The van der Waals surface area contributed by atoms with Gasteiger partial charge in [0.25, 0.3) is 0 Å². The van der Waals surface area contributed by atoms with Gasteiger partial charge in [0.1, 0.15) is 0 Å². The van der Waals surface area contributed by atoms with Gasteiger partial charge in [-0.2, -0.15) is 10.1 Å². The van der Waals surface area contributed by atoms with E-state index in [2.05, 4.69) is 40.6 Å². The van der Waals surface area contributed by atoms with Crippen LogP contribution in [0.25, 0.3) is 0 Å². The number of hydrogen-bond acceptors (Lipinski definition) is 5. The highest BCUT2D eigenvalue weighted by Crippen LogP contribution is 2.20. The molecule has 7 nitrogen and oxygen atoms in total. The Balaban J connectivity index is 2.01. The van der Waals surface area contributed by atoms with Gasteiger partial charge in [0.2, 0.25) is 0 Å². The molecule has 190 valence electrons. The number of nitrogens with two attached hydrogens (primary N) is 1. The second-order valence-corrected chi connectivity index (χ2v) is 9.07. The standard InChI is InChI=1S/C26H44ClN7/c1-5-8-17-33(7-3)24-13-18-34(19-14-24)26(28)31-25-23(12-16-30-32(25)4)21-29-20-22(10-6-2)11-9-15-27/h6,9-11,16,24,29H,2,5,7-8,12-15,17-21H2,1,3-4H3,(H2,28,31)/b11-9-,22-10+. The monoisotopic (exact) mass is 489 g/mol. The van der Waals surface area contributed by atoms with Gasteiger partial charge in [-0.3, -0.25) is 5.01 Å². The Morgan fingerprint density at radius 1 is 1.38 bits per heavy atom. The molecule has 0 aromatic rings. The van der Waals surface area contributed by atoms with Crippen LogP contribution in [0.1, 0.15) is 46.0 Å². The van der Waals surface area contributed by atoms with E-state index in [4.69, 9.17) is 22.3 Å². The molecule has 0 amide bonds. The summed E-state index contributed by atoms with van der Waals surface area (Å²) in [4.78, 5) is 9.69. The van der Waals surface area contributed by atoms with Crippen molar-refractivity contribution in [1.29, 1.82) is 0 Å². The summed E-state index contributed by atoms with van der Waals surface area (Å²) in [6, 6.07) is 0.646. The van der Waals surface area contributed by atoms with Crippen LogP contribution in [0.3, 0.4) is 0 Å². The van der Waals surface area contributed by atoms with Crippen LogP contribution in [0.2, 0.25) is 0 Å². The summed E-state index contributed by atoms with van der Waals surface area (Å²) < 4.78 is 0. The molecular weight excluding hydrogens is 446 g/mol. The van der Waals surface area contributed by atoms with Gasteiger partial charge in [0.05, 0.1) is 0 Å². The average Bonchev–Trinajstić information content (AvgIpc) is 2.85. The number of hydrogen-bond donors (Lipinski definition) is 2. The molecular formula is C26H44ClN7. The minimum Gasteiger partial charge on any atom is -0.369 e. The van der Waals surface area contributed by atoms with Gasteiger partial charge in [0.15, 0.2) is 11.8 Å². The number of rotatable bonds is 13. The van der Waals surface area contributed by atoms with Crippen molar-refractivity contribution in [3.05, 3.63) is 47.9 Å². The number of likely N-dealkylation sites (tertiary alicyclic amines) is 1. The zero-order valence-electron chi connectivity index (χ0n) is 21.3. The second-order valence-electron chi connectivity index (χ2n) is 8.76. The quantitative estimate of drug-likeness (QED) is 0.177. The highest BCUT2D eigenvalue weighted by molar-refractivity contribution is 6.18. The number of piperidine rings is 1. The summed E-state index contributed by atoms with van der Waals surface area (Å²) >= 11 is 5.78. The number of alkyl halides is 1. The molecule has 0 saturated carbocycles. The van der Waals surface area contributed by atoms with E-state index in [1.807, 2.05) is 36.5 Å². The van der Waals surface area contributed by atoms with E-state index < -0.39 is 0 Å². The van der Waals surface area contributed by atoms with Crippen molar-refractivity contribution in [2.75, 3.05) is 52.2 Å². The molecule has 0 aromatic heterocycles. The number of hydrazone groups is 1. The maximum absolute atomic E-state index is 6.50. The van der Waals surface area contributed by atoms with Crippen molar-refractivity contribution in [2.24, 2.45) is 15.8 Å². The highest BCUT2D eigenvalue weighted by atomic mass is 35.5. The Morgan fingerprint density at radius 2 is 2.15 bits per heavy atom. The minimum absolute atomic E-state index is 0.492. The molecule has 0 unspecified atom stereocenters. The molecule has 0 aliphatic carbocycles. The lowest BCUT2D eigenvalue weighted by atomic mass is 10.0. The van der Waals surface area contributed by atoms with Crippen molar-refractivity contribution in [3.8, 4) is 0 Å². The fraction of sp³-hybridized carbons (Fsp3) is 0.615. The summed E-state index contributed by atoms with van der Waals surface area (Å²) in [5.41, 5.74) is 8.80. The predicted molar refractivity (Wildman–Crippen MR) is 147 cm³/mol. The molecule has 2 aliphatic heterocycles. The van der Waals surface area contributed by atoms with E-state index in [-0.39, 0.29) is 0 Å². The molecule has 2 rings (SSSR count). The predicted octanol–water partition coefficient (Wildman–Crippen LogP) is 3.92. The second kappa shape index (κ2) is 15.7. The van der Waals surface area contributed by atoms with E-state index in [1.165, 1.54) is 25.0 Å². The van der Waals surface area contributed by atoms with Crippen LogP contribution >= 0.6 is 11.6 Å². The van der Waals surface area contributed by atoms with Gasteiger partial charge in [-0.1, -0.05) is 51.2 Å². The molecule has 1 fully saturated rings. The third kappa shape index (κ3) is 8.93. The number of aliphatic imine (C=N–C) groups is 1. The lowest BCUT2D eigenvalue weighted by molar-refractivity contribution is 0.139. The van der Waals surface area contributed by atoms with Crippen LogP contribution < -0.4 is 11.1 Å². The smallest absolute Gasteiger partial charge is 0.197 e. The molecule has 2 heterocycles. The molecule has 0 aromatic carbocycles. The van der Waals surface area contributed by atoms with Gasteiger partial charge >= 0.3 is 0 Å². The van der Waals surface area contributed by atoms with E-state index >= 15 is 0 Å². The average molecular weight is 490 g/mol. The van der Waals surface area contributed by atoms with Gasteiger partial charge < -0.3 is 20.9 Å². The molecule has 0 atom stereocenters. The van der Waals surface area contributed by atoms with Crippen molar-refractivity contribution in [3.63, 3.8) is 0 Å². The summed E-state index contributed by atoms with van der Waals surface area (Å²) in [5, 5.41) is 9.76. The number of unbranched alkanes of at least 4 members (excludes halogenated alkanes) is 1. The molecule has 0 bridgehead atoms. The molecule has 8 heteroatoms. The lowest BCUT2D eigenvalue weighted by Crippen LogP contribution is -2.49. The van der Waals surface area contributed by atoms with E-state index in [9.17, 15) is 0 Å². The summed E-state index contributed by atoms with van der Waals surface area (Å²) in [6.45, 7) is 13.9. The number of allylic oxidation sites excluding steroid dienone is 3. The van der Waals surface area contributed by atoms with Crippen molar-refractivity contribution in [1.82, 2.24) is 20.1 Å². The highest BCUT2D eigenvalue weighted by Gasteiger charge is 2.25. The Labute approximate surface area is 211 Å². The first-order chi connectivity index (χ1) is 16.5. The van der Waals surface area contributed by atoms with Crippen LogP contribution in [-0.4, -0.2) is 85.2 Å². The maximum atomic E-state index is 6.50. The van der Waals surface area contributed by atoms with Crippen molar-refractivity contribution >= 4 is 23.8 Å². The zero-order valence-corrected chi connectivity index (χ0v) is 22.1. The van der Waals surface area contributed by atoms with Crippen molar-refractivity contribution in [2.45, 2.75) is 52.0 Å². The normalized spacial score (nSPS) is 18.6. The fourth-order valence-corrected chi connectivity index (χ4v) is 4.52. The Bertz CT molecular complexity index is 776. The molecule has 3 N–H and O–H groups in total. The fourth-order valence-electron chi connectivity index (χ4n) is 4.43. The summed E-state index contributed by atoms with van der Waals surface area (Å²) in [6.07, 6.45) is 15.2. The van der Waals surface area contributed by atoms with Crippen LogP contribution in [0.5, 0.6) is 0 Å². The molecule has 34 heavy (non-hydrogen) atoms. The Hall–Kier alpha value is -2.09. The van der Waals surface area contributed by atoms with Crippen LogP contribution in [0.15, 0.2) is 57.9 Å². The summed E-state index contributed by atoms with van der Waals surface area (Å²) in [7, 11) is 1.92. The van der Waals surface area contributed by atoms with E-state index in [1.54, 1.807) is 6.08 Å².